The minimum Gasteiger partial charge on any atom is -0.356 e. The van der Waals surface area contributed by atoms with E-state index in [0.717, 1.165) is 6.42 Å². The summed E-state index contributed by atoms with van der Waals surface area (Å²) in [7, 11) is 0. The van der Waals surface area contributed by atoms with E-state index in [9.17, 15) is 9.59 Å². The first-order chi connectivity index (χ1) is 10.4. The highest BCUT2D eigenvalue weighted by Gasteiger charge is 2.47. The van der Waals surface area contributed by atoms with Crippen LogP contribution in [0.4, 0.5) is 5.69 Å². The smallest absolute Gasteiger partial charge is 0.228 e. The van der Waals surface area contributed by atoms with E-state index >= 15 is 0 Å². The molecule has 0 aliphatic heterocycles. The van der Waals surface area contributed by atoms with Crippen molar-refractivity contribution in [1.82, 2.24) is 5.32 Å². The van der Waals surface area contributed by atoms with Crippen LogP contribution in [0.1, 0.15) is 26.7 Å². The molecule has 6 heteroatoms. The van der Waals surface area contributed by atoms with Gasteiger partial charge < -0.3 is 10.6 Å². The minimum atomic E-state index is -0.256. The van der Waals surface area contributed by atoms with Gasteiger partial charge in [-0.2, -0.15) is 0 Å². The van der Waals surface area contributed by atoms with Gasteiger partial charge in [0.1, 0.15) is 0 Å². The van der Waals surface area contributed by atoms with Gasteiger partial charge >= 0.3 is 0 Å². The number of carbonyl (C=O) groups is 2. The molecule has 0 saturated heterocycles. The Morgan fingerprint density at radius 1 is 1.18 bits per heavy atom. The molecule has 2 rings (SSSR count). The van der Waals surface area contributed by atoms with Crippen LogP contribution in [0.5, 0.6) is 0 Å². The molecule has 0 spiro atoms. The Kier molecular flexibility index (Phi) is 5.70. The standard InChI is InChI=1S/C16H20Cl2N2O2/c1-9(2)5-6-19-15(21)11-8-12(11)16(22)20-10-3-4-13(17)14(18)7-10/h3-4,7,9,11-12H,5-6,8H2,1-2H3,(H,19,21)(H,20,22). The van der Waals surface area contributed by atoms with Crippen molar-refractivity contribution in [2.24, 2.45) is 17.8 Å². The first-order valence-corrected chi connectivity index (χ1v) is 8.17. The Morgan fingerprint density at radius 2 is 1.86 bits per heavy atom. The summed E-state index contributed by atoms with van der Waals surface area (Å²) in [6.45, 7) is 4.88. The van der Waals surface area contributed by atoms with Crippen LogP contribution in [0.25, 0.3) is 0 Å². The van der Waals surface area contributed by atoms with Crippen molar-refractivity contribution >= 4 is 40.7 Å². The Bertz CT molecular complexity index is 575. The Hall–Kier alpha value is -1.26. The molecule has 1 aliphatic rings. The SMILES string of the molecule is CC(C)CCNC(=O)C1CC1C(=O)Nc1ccc(Cl)c(Cl)c1. The van der Waals surface area contributed by atoms with E-state index in [2.05, 4.69) is 24.5 Å². The maximum absolute atomic E-state index is 12.1. The van der Waals surface area contributed by atoms with E-state index in [1.54, 1.807) is 18.2 Å². The Labute approximate surface area is 140 Å². The van der Waals surface area contributed by atoms with Crippen LogP contribution in [0.15, 0.2) is 18.2 Å². The van der Waals surface area contributed by atoms with Crippen LogP contribution in [-0.2, 0) is 9.59 Å². The molecule has 0 bridgehead atoms. The number of carbonyl (C=O) groups excluding carboxylic acids is 2. The Morgan fingerprint density at radius 3 is 2.50 bits per heavy atom. The highest BCUT2D eigenvalue weighted by molar-refractivity contribution is 6.42. The van der Waals surface area contributed by atoms with Gasteiger partial charge in [0.15, 0.2) is 0 Å². The van der Waals surface area contributed by atoms with Crippen molar-refractivity contribution < 1.29 is 9.59 Å². The molecule has 4 nitrogen and oxygen atoms in total. The largest absolute Gasteiger partial charge is 0.356 e. The zero-order valence-electron chi connectivity index (χ0n) is 12.7. The minimum absolute atomic E-state index is 0.0325. The lowest BCUT2D eigenvalue weighted by Crippen LogP contribution is -2.28. The quantitative estimate of drug-likeness (QED) is 0.827. The predicted molar refractivity (Wildman–Crippen MR) is 89.2 cm³/mol. The van der Waals surface area contributed by atoms with Gasteiger partial charge in [0.05, 0.1) is 21.9 Å². The molecule has 1 aliphatic carbocycles. The van der Waals surface area contributed by atoms with Crippen molar-refractivity contribution in [3.05, 3.63) is 28.2 Å². The fraction of sp³-hybridized carbons (Fsp3) is 0.500. The highest BCUT2D eigenvalue weighted by Crippen LogP contribution is 2.39. The molecule has 1 fully saturated rings. The third-order valence-electron chi connectivity index (χ3n) is 3.67. The average molecular weight is 343 g/mol. The molecule has 0 heterocycles. The first-order valence-electron chi connectivity index (χ1n) is 7.42. The molecule has 0 radical (unpaired) electrons. The summed E-state index contributed by atoms with van der Waals surface area (Å²) in [6, 6.07) is 4.91. The van der Waals surface area contributed by atoms with E-state index in [1.807, 2.05) is 0 Å². The van der Waals surface area contributed by atoms with Crippen LogP contribution in [0.3, 0.4) is 0 Å². The maximum atomic E-state index is 12.1. The molecule has 0 aromatic heterocycles. The zero-order valence-corrected chi connectivity index (χ0v) is 14.2. The van der Waals surface area contributed by atoms with E-state index < -0.39 is 0 Å². The zero-order chi connectivity index (χ0) is 16.3. The molecule has 2 amide bonds. The third-order valence-corrected chi connectivity index (χ3v) is 4.41. The lowest BCUT2D eigenvalue weighted by atomic mass is 10.1. The molecule has 1 aromatic rings. The average Bonchev–Trinajstić information content (AvgIpc) is 3.23. The number of hydrogen-bond acceptors (Lipinski definition) is 2. The Balaban J connectivity index is 1.80. The number of halogens is 2. The molecule has 120 valence electrons. The summed E-state index contributed by atoms with van der Waals surface area (Å²) >= 11 is 11.7. The summed E-state index contributed by atoms with van der Waals surface area (Å²) < 4.78 is 0. The predicted octanol–water partition coefficient (Wildman–Crippen LogP) is 3.73. The number of benzene rings is 1. The fourth-order valence-corrected chi connectivity index (χ4v) is 2.50. The molecule has 1 saturated carbocycles. The fourth-order valence-electron chi connectivity index (χ4n) is 2.20. The number of rotatable bonds is 6. The second-order valence-corrected chi connectivity index (χ2v) is 6.85. The van der Waals surface area contributed by atoms with Gasteiger partial charge in [-0.1, -0.05) is 37.0 Å². The van der Waals surface area contributed by atoms with Gasteiger partial charge in [-0.05, 0) is 37.0 Å². The maximum Gasteiger partial charge on any atom is 0.228 e. The molecule has 2 atom stereocenters. The van der Waals surface area contributed by atoms with Crippen LogP contribution in [0.2, 0.25) is 10.0 Å². The summed E-state index contributed by atoms with van der Waals surface area (Å²) in [5, 5.41) is 6.48. The summed E-state index contributed by atoms with van der Waals surface area (Å²) in [5.74, 6) is -0.103. The van der Waals surface area contributed by atoms with Gasteiger partial charge in [0, 0.05) is 12.2 Å². The van der Waals surface area contributed by atoms with Gasteiger partial charge in [0.25, 0.3) is 0 Å². The molecule has 22 heavy (non-hydrogen) atoms. The van der Waals surface area contributed by atoms with Crippen LogP contribution >= 0.6 is 23.2 Å². The van der Waals surface area contributed by atoms with Crippen LogP contribution < -0.4 is 10.6 Å². The first kappa shape index (κ1) is 17.1. The summed E-state index contributed by atoms with van der Waals surface area (Å²) in [6.07, 6.45) is 1.54. The topological polar surface area (TPSA) is 58.2 Å². The molecule has 2 unspecified atom stereocenters. The highest BCUT2D eigenvalue weighted by atomic mass is 35.5. The van der Waals surface area contributed by atoms with E-state index in [-0.39, 0.29) is 23.7 Å². The number of amides is 2. The molecular weight excluding hydrogens is 323 g/mol. The third kappa shape index (κ3) is 4.62. The number of anilines is 1. The normalized spacial score (nSPS) is 19.9. The lowest BCUT2D eigenvalue weighted by Gasteiger charge is -2.08. The van der Waals surface area contributed by atoms with E-state index in [4.69, 9.17) is 23.2 Å². The summed E-state index contributed by atoms with van der Waals surface area (Å²) in [4.78, 5) is 24.0. The molecule has 1 aromatic carbocycles. The van der Waals surface area contributed by atoms with E-state index in [1.165, 1.54) is 0 Å². The van der Waals surface area contributed by atoms with Crippen molar-refractivity contribution in [1.29, 1.82) is 0 Å². The van der Waals surface area contributed by atoms with Crippen molar-refractivity contribution in [3.63, 3.8) is 0 Å². The van der Waals surface area contributed by atoms with Gasteiger partial charge in [-0.15, -0.1) is 0 Å². The second kappa shape index (κ2) is 7.34. The van der Waals surface area contributed by atoms with Crippen LogP contribution in [-0.4, -0.2) is 18.4 Å². The summed E-state index contributed by atoms with van der Waals surface area (Å²) in [5.41, 5.74) is 0.588. The molecular formula is C16H20Cl2N2O2. The second-order valence-electron chi connectivity index (χ2n) is 6.04. The van der Waals surface area contributed by atoms with Gasteiger partial charge in [-0.25, -0.2) is 0 Å². The number of hydrogen-bond donors (Lipinski definition) is 2. The van der Waals surface area contributed by atoms with Crippen molar-refractivity contribution in [2.45, 2.75) is 26.7 Å². The van der Waals surface area contributed by atoms with Crippen LogP contribution in [0, 0.1) is 17.8 Å². The monoisotopic (exact) mass is 342 g/mol. The molecule has 2 N–H and O–H groups in total. The van der Waals surface area contributed by atoms with Crippen molar-refractivity contribution in [2.75, 3.05) is 11.9 Å². The van der Waals surface area contributed by atoms with Gasteiger partial charge in [-0.3, -0.25) is 9.59 Å². The van der Waals surface area contributed by atoms with Gasteiger partial charge in [0.2, 0.25) is 11.8 Å². The van der Waals surface area contributed by atoms with Crippen molar-refractivity contribution in [3.8, 4) is 0 Å². The number of nitrogens with one attached hydrogen (secondary N) is 2. The lowest BCUT2D eigenvalue weighted by molar-refractivity contribution is -0.125. The van der Waals surface area contributed by atoms with E-state index in [0.29, 0.717) is 34.6 Å².